The van der Waals surface area contributed by atoms with Crippen LogP contribution in [-0.4, -0.2) is 149 Å². The van der Waals surface area contributed by atoms with Crippen LogP contribution in [0.3, 0.4) is 0 Å². The maximum Gasteiger partial charge on any atom is 0.320 e. The number of ether oxygens (including phenoxy) is 4. The van der Waals surface area contributed by atoms with Gasteiger partial charge in [-0.25, -0.2) is 0 Å². The predicted molar refractivity (Wildman–Crippen MR) is 209 cm³/mol. The van der Waals surface area contributed by atoms with Crippen LogP contribution in [0.1, 0.15) is 81.2 Å². The van der Waals surface area contributed by atoms with Gasteiger partial charge < -0.3 is 34.5 Å². The fourth-order valence-corrected chi connectivity index (χ4v) is 5.28. The highest BCUT2D eigenvalue weighted by molar-refractivity contribution is 5.92. The molecule has 0 aliphatic heterocycles. The number of nitrogens with zero attached hydrogens (tertiary/aromatic N) is 3. The molecule has 16 nitrogen and oxygen atoms in total. The van der Waals surface area contributed by atoms with Crippen molar-refractivity contribution in [1.82, 2.24) is 20.0 Å². The number of carbonyl (C=O) groups is 6. The highest BCUT2D eigenvalue weighted by atomic mass is 16.6. The van der Waals surface area contributed by atoms with Crippen molar-refractivity contribution >= 4 is 35.8 Å². The Hall–Kier alpha value is -4.54. The lowest BCUT2D eigenvalue weighted by Crippen LogP contribution is -2.52. The molecule has 1 unspecified atom stereocenters. The third-order valence-electron chi connectivity index (χ3n) is 7.37. The van der Waals surface area contributed by atoms with Crippen LogP contribution in [0.15, 0.2) is 36.4 Å². The third-order valence-corrected chi connectivity index (χ3v) is 7.37. The Balaban J connectivity index is 3.47. The van der Waals surface area contributed by atoms with Crippen molar-refractivity contribution in [1.29, 1.82) is 0 Å². The topological polar surface area (TPSA) is 202 Å². The van der Waals surface area contributed by atoms with Gasteiger partial charge in [-0.15, -0.1) is 0 Å². The maximum atomic E-state index is 13.2. The van der Waals surface area contributed by atoms with Crippen molar-refractivity contribution in [2.75, 3.05) is 65.5 Å². The molecule has 1 aromatic rings. The molecule has 0 spiro atoms. The van der Waals surface area contributed by atoms with Crippen LogP contribution in [0.2, 0.25) is 0 Å². The monoisotopic (exact) mass is 792 g/mol. The van der Waals surface area contributed by atoms with E-state index in [1.165, 1.54) is 9.80 Å². The summed E-state index contributed by atoms with van der Waals surface area (Å²) < 4.78 is 22.4. The molecule has 16 heteroatoms. The molecule has 1 amide bonds. The van der Waals surface area contributed by atoms with Crippen molar-refractivity contribution in [2.45, 2.75) is 105 Å². The Kier molecular flexibility index (Phi) is 20.2. The fourth-order valence-electron chi connectivity index (χ4n) is 5.28. The summed E-state index contributed by atoms with van der Waals surface area (Å²) in [6, 6.07) is 6.44. The van der Waals surface area contributed by atoms with E-state index in [-0.39, 0.29) is 51.6 Å². The minimum Gasteiger partial charge on any atom is -0.494 e. The molecule has 0 radical (unpaired) electrons. The molecular weight excluding hydrogens is 728 g/mol. The average Bonchev–Trinajstić information content (AvgIpc) is 3.00. The van der Waals surface area contributed by atoms with Gasteiger partial charge >= 0.3 is 29.8 Å². The van der Waals surface area contributed by atoms with E-state index in [0.29, 0.717) is 30.9 Å². The number of nitrogens with one attached hydrogen (secondary N) is 1. The van der Waals surface area contributed by atoms with Gasteiger partial charge in [0.1, 0.15) is 22.6 Å². The average molecular weight is 793 g/mol. The first-order valence-corrected chi connectivity index (χ1v) is 18.6. The van der Waals surface area contributed by atoms with Crippen LogP contribution >= 0.6 is 0 Å². The van der Waals surface area contributed by atoms with Gasteiger partial charge in [0.2, 0.25) is 5.91 Å². The van der Waals surface area contributed by atoms with E-state index in [1.807, 2.05) is 12.1 Å². The molecule has 0 heterocycles. The number of rotatable bonds is 24. The molecule has 1 rings (SSSR count). The van der Waals surface area contributed by atoms with Crippen LogP contribution in [0, 0.1) is 0 Å². The molecule has 0 saturated heterocycles. The van der Waals surface area contributed by atoms with E-state index < -0.39 is 65.8 Å². The predicted octanol–water partition coefficient (Wildman–Crippen LogP) is 3.16. The molecule has 56 heavy (non-hydrogen) atoms. The van der Waals surface area contributed by atoms with Crippen LogP contribution in [0.5, 0.6) is 5.75 Å². The zero-order chi connectivity index (χ0) is 42.9. The molecule has 1 atom stereocenters. The van der Waals surface area contributed by atoms with Gasteiger partial charge in [-0.3, -0.25) is 43.5 Å². The van der Waals surface area contributed by atoms with Gasteiger partial charge in [0.25, 0.3) is 0 Å². The molecule has 0 aliphatic rings. The highest BCUT2D eigenvalue weighted by Gasteiger charge is 2.30. The van der Waals surface area contributed by atoms with E-state index in [9.17, 15) is 39.0 Å². The molecule has 0 fully saturated rings. The number of aliphatic carboxylic acids is 2. The Morgan fingerprint density at radius 2 is 1.16 bits per heavy atom. The van der Waals surface area contributed by atoms with Crippen LogP contribution in [-0.2, 0) is 49.4 Å². The van der Waals surface area contributed by atoms with E-state index >= 15 is 0 Å². The molecule has 0 aromatic heterocycles. The molecular formula is C40H64N4O12. The Morgan fingerprint density at radius 3 is 1.62 bits per heavy atom. The number of carboxylic acids is 2. The quantitative estimate of drug-likeness (QED) is 0.0596. The second-order valence-corrected chi connectivity index (χ2v) is 16.6. The molecule has 316 valence electrons. The summed E-state index contributed by atoms with van der Waals surface area (Å²) in [6.07, 6.45) is 0.789. The maximum absolute atomic E-state index is 13.2. The summed E-state index contributed by atoms with van der Waals surface area (Å²) in [5.74, 6) is -3.86. The first-order chi connectivity index (χ1) is 25.7. The van der Waals surface area contributed by atoms with Crippen molar-refractivity contribution in [2.24, 2.45) is 0 Å². The smallest absolute Gasteiger partial charge is 0.320 e. The number of benzene rings is 1. The van der Waals surface area contributed by atoms with Crippen molar-refractivity contribution < 1.29 is 57.9 Å². The van der Waals surface area contributed by atoms with Crippen molar-refractivity contribution in [3.63, 3.8) is 0 Å². The van der Waals surface area contributed by atoms with Gasteiger partial charge in [0.05, 0.1) is 39.3 Å². The summed E-state index contributed by atoms with van der Waals surface area (Å²) in [5.41, 5.74) is -1.26. The number of hydrogen-bond acceptors (Lipinski definition) is 13. The lowest BCUT2D eigenvalue weighted by Gasteiger charge is -2.35. The summed E-state index contributed by atoms with van der Waals surface area (Å²) in [4.78, 5) is 79.2. The molecule has 0 aliphatic carbocycles. The van der Waals surface area contributed by atoms with Crippen molar-refractivity contribution in [3.8, 4) is 5.75 Å². The van der Waals surface area contributed by atoms with Crippen molar-refractivity contribution in [3.05, 3.63) is 42.0 Å². The number of carbonyl (C=O) groups excluding carboxylic acids is 4. The summed E-state index contributed by atoms with van der Waals surface area (Å²) in [7, 11) is 0. The lowest BCUT2D eigenvalue weighted by atomic mass is 10.0. The first kappa shape index (κ1) is 49.5. The molecule has 0 bridgehead atoms. The van der Waals surface area contributed by atoms with Gasteiger partial charge in [0, 0.05) is 37.8 Å². The van der Waals surface area contributed by atoms with E-state index in [0.717, 1.165) is 5.56 Å². The van der Waals surface area contributed by atoms with E-state index in [4.69, 9.17) is 18.9 Å². The summed E-state index contributed by atoms with van der Waals surface area (Å²) in [6.45, 7) is 19.5. The number of carboxylic acid groups (broad SMARTS) is 2. The van der Waals surface area contributed by atoms with E-state index in [2.05, 4.69) is 11.9 Å². The molecule has 3 N–H and O–H groups in total. The zero-order valence-electron chi connectivity index (χ0n) is 34.9. The molecule has 0 saturated carbocycles. The van der Waals surface area contributed by atoms with Gasteiger partial charge in [-0.1, -0.05) is 18.7 Å². The Bertz CT molecular complexity index is 1480. The normalized spacial score (nSPS) is 12.6. The minimum atomic E-state index is -1.19. The highest BCUT2D eigenvalue weighted by Crippen LogP contribution is 2.18. The summed E-state index contributed by atoms with van der Waals surface area (Å²) in [5, 5.41) is 22.3. The summed E-state index contributed by atoms with van der Waals surface area (Å²) >= 11 is 0. The minimum absolute atomic E-state index is 0.0228. The number of amides is 1. The standard InChI is InChI=1S/C40H64N4O12/c1-28(2)37(52)41-17-12-20-53-31-15-13-29(14-16-31)21-30(44(24-33(47)48)27-36(51)56-40(9,10)11)22-42(25-34(49)54-38(3,4)5)18-19-43(23-32(45)46)26-35(50)55-39(6,7)8/h13-16,30H,1,12,17-27H2,2-11H3,(H,41,52)(H,45,46)(H,47,48). The first-order valence-electron chi connectivity index (χ1n) is 18.6. The zero-order valence-corrected chi connectivity index (χ0v) is 34.9. The Morgan fingerprint density at radius 1 is 0.696 bits per heavy atom. The van der Waals surface area contributed by atoms with Crippen LogP contribution < -0.4 is 10.1 Å². The van der Waals surface area contributed by atoms with Crippen LogP contribution in [0.4, 0.5) is 0 Å². The Labute approximate surface area is 331 Å². The van der Waals surface area contributed by atoms with Crippen LogP contribution in [0.25, 0.3) is 0 Å². The number of hydrogen-bond donors (Lipinski definition) is 3. The largest absolute Gasteiger partial charge is 0.494 e. The lowest BCUT2D eigenvalue weighted by molar-refractivity contribution is -0.159. The second kappa shape index (κ2) is 22.9. The fraction of sp³-hybridized carbons (Fsp3) is 0.650. The van der Waals surface area contributed by atoms with E-state index in [1.54, 1.807) is 86.3 Å². The number of esters is 3. The SMILES string of the molecule is C=C(C)C(=O)NCCCOc1ccc(CC(CN(CCN(CC(=O)O)CC(=O)OC(C)(C)C)CC(=O)OC(C)(C)C)N(CC(=O)O)CC(=O)OC(C)(C)C)cc1. The second-order valence-electron chi connectivity index (χ2n) is 16.6. The van der Waals surface area contributed by atoms with Gasteiger partial charge in [-0.05, 0) is 99.8 Å². The van der Waals surface area contributed by atoms with Gasteiger partial charge in [-0.2, -0.15) is 0 Å². The van der Waals surface area contributed by atoms with Gasteiger partial charge in [0.15, 0.2) is 0 Å². The molecule has 1 aromatic carbocycles. The third kappa shape index (κ3) is 24.1.